The maximum Gasteiger partial charge on any atom is 0.0410 e. The first-order valence-corrected chi connectivity index (χ1v) is 8.10. The van der Waals surface area contributed by atoms with Crippen LogP contribution in [0.1, 0.15) is 18.9 Å². The Hall–Kier alpha value is -0.380. The molecule has 1 saturated heterocycles. The van der Waals surface area contributed by atoms with Gasteiger partial charge in [0, 0.05) is 41.3 Å². The van der Waals surface area contributed by atoms with Gasteiger partial charge >= 0.3 is 0 Å². The van der Waals surface area contributed by atoms with Crippen LogP contribution in [0.5, 0.6) is 0 Å². The molecule has 1 aliphatic heterocycles. The van der Waals surface area contributed by atoms with E-state index in [1.807, 2.05) is 17.8 Å². The van der Waals surface area contributed by atoms with Gasteiger partial charge in [-0.15, -0.1) is 0 Å². The van der Waals surface area contributed by atoms with Crippen molar-refractivity contribution in [2.24, 2.45) is 5.73 Å². The van der Waals surface area contributed by atoms with Gasteiger partial charge in [0.15, 0.2) is 0 Å². The van der Waals surface area contributed by atoms with Crippen molar-refractivity contribution in [3.8, 4) is 0 Å². The fourth-order valence-electron chi connectivity index (χ4n) is 2.26. The molecule has 0 spiro atoms. The van der Waals surface area contributed by atoms with E-state index in [0.29, 0.717) is 0 Å². The minimum atomic E-state index is 0.224. The van der Waals surface area contributed by atoms with Crippen molar-refractivity contribution in [3.63, 3.8) is 0 Å². The molecule has 0 radical (unpaired) electrons. The molecular weight excluding hydrogens is 264 g/mol. The topological polar surface area (TPSA) is 29.3 Å². The van der Waals surface area contributed by atoms with E-state index in [1.165, 1.54) is 22.8 Å². The van der Waals surface area contributed by atoms with Crippen LogP contribution in [-0.4, -0.2) is 30.6 Å². The van der Waals surface area contributed by atoms with E-state index in [9.17, 15) is 0 Å². The monoisotopic (exact) mass is 284 g/mol. The zero-order chi connectivity index (χ0) is 13.0. The van der Waals surface area contributed by atoms with E-state index in [2.05, 4.69) is 24.0 Å². The summed E-state index contributed by atoms with van der Waals surface area (Å²) in [5.74, 6) is 2.42. The lowest BCUT2D eigenvalue weighted by atomic mass is 10.0. The molecule has 1 heterocycles. The van der Waals surface area contributed by atoms with Crippen LogP contribution in [-0.2, 0) is 6.42 Å². The number of hydrogen-bond acceptors (Lipinski definition) is 3. The Labute approximate surface area is 119 Å². The maximum absolute atomic E-state index is 6.12. The zero-order valence-corrected chi connectivity index (χ0v) is 12.4. The molecule has 0 bridgehead atoms. The molecule has 1 aliphatic rings. The Morgan fingerprint density at radius 3 is 2.78 bits per heavy atom. The molecule has 2 nitrogen and oxygen atoms in total. The van der Waals surface area contributed by atoms with Crippen LogP contribution in [0.3, 0.4) is 0 Å². The van der Waals surface area contributed by atoms with Crippen molar-refractivity contribution < 1.29 is 0 Å². The lowest BCUT2D eigenvalue weighted by molar-refractivity contribution is 0.644. The Morgan fingerprint density at radius 2 is 2.11 bits per heavy atom. The van der Waals surface area contributed by atoms with Gasteiger partial charge in [0.05, 0.1) is 0 Å². The molecule has 2 rings (SSSR count). The molecule has 0 aliphatic carbocycles. The number of anilines is 1. The fourth-order valence-corrected chi connectivity index (χ4v) is 3.35. The van der Waals surface area contributed by atoms with Crippen molar-refractivity contribution in [3.05, 3.63) is 28.8 Å². The number of nitrogens with zero attached hydrogens (tertiary/aromatic N) is 1. The fraction of sp³-hybridized carbons (Fsp3) is 0.571. The smallest absolute Gasteiger partial charge is 0.0410 e. The van der Waals surface area contributed by atoms with Gasteiger partial charge in [-0.25, -0.2) is 0 Å². The van der Waals surface area contributed by atoms with Gasteiger partial charge in [-0.1, -0.05) is 18.5 Å². The van der Waals surface area contributed by atoms with E-state index in [1.54, 1.807) is 0 Å². The lowest BCUT2D eigenvalue weighted by Crippen LogP contribution is -2.33. The Bertz CT molecular complexity index is 391. The van der Waals surface area contributed by atoms with Gasteiger partial charge < -0.3 is 10.6 Å². The molecule has 0 amide bonds. The summed E-state index contributed by atoms with van der Waals surface area (Å²) < 4.78 is 0. The minimum Gasteiger partial charge on any atom is -0.370 e. The molecule has 18 heavy (non-hydrogen) atoms. The molecule has 1 fully saturated rings. The molecule has 2 N–H and O–H groups in total. The van der Waals surface area contributed by atoms with Gasteiger partial charge in [0.1, 0.15) is 0 Å². The number of nitrogens with two attached hydrogens (primary N) is 1. The predicted molar refractivity (Wildman–Crippen MR) is 83.0 cm³/mol. The molecule has 1 aromatic carbocycles. The highest BCUT2D eigenvalue weighted by Gasteiger charge is 2.16. The number of rotatable bonds is 4. The maximum atomic E-state index is 6.12. The highest BCUT2D eigenvalue weighted by atomic mass is 35.5. The van der Waals surface area contributed by atoms with E-state index >= 15 is 0 Å². The second-order valence-corrected chi connectivity index (χ2v) is 6.41. The molecule has 100 valence electrons. The standard InChI is InChI=1S/C14H21ClN2S/c1-2-13(16)10-11-9-12(15)3-4-14(11)17-5-7-18-8-6-17/h3-4,9,13H,2,5-8,10,16H2,1H3. The van der Waals surface area contributed by atoms with E-state index in [4.69, 9.17) is 17.3 Å². The van der Waals surface area contributed by atoms with E-state index in [-0.39, 0.29) is 6.04 Å². The molecule has 1 atom stereocenters. The second-order valence-electron chi connectivity index (χ2n) is 4.74. The van der Waals surface area contributed by atoms with E-state index < -0.39 is 0 Å². The summed E-state index contributed by atoms with van der Waals surface area (Å²) in [5, 5.41) is 0.809. The molecule has 4 heteroatoms. The third kappa shape index (κ3) is 3.56. The summed E-state index contributed by atoms with van der Waals surface area (Å²) in [6.07, 6.45) is 1.91. The van der Waals surface area contributed by atoms with E-state index in [0.717, 1.165) is 31.0 Å². The summed E-state index contributed by atoms with van der Waals surface area (Å²) in [6.45, 7) is 4.38. The van der Waals surface area contributed by atoms with Crippen LogP contribution >= 0.6 is 23.4 Å². The van der Waals surface area contributed by atoms with Crippen LogP contribution < -0.4 is 10.6 Å². The Balaban J connectivity index is 2.21. The van der Waals surface area contributed by atoms with Crippen LogP contribution in [0.2, 0.25) is 5.02 Å². The largest absolute Gasteiger partial charge is 0.370 e. The second kappa shape index (κ2) is 6.69. The summed E-state index contributed by atoms with van der Waals surface area (Å²) in [5.41, 5.74) is 8.71. The van der Waals surface area contributed by atoms with Crippen molar-refractivity contribution >= 4 is 29.1 Å². The quantitative estimate of drug-likeness (QED) is 0.921. The van der Waals surface area contributed by atoms with Crippen molar-refractivity contribution in [1.82, 2.24) is 0 Å². The molecule has 1 unspecified atom stereocenters. The van der Waals surface area contributed by atoms with Gasteiger partial charge in [-0.2, -0.15) is 11.8 Å². The lowest BCUT2D eigenvalue weighted by Gasteiger charge is -2.31. The van der Waals surface area contributed by atoms with Crippen LogP contribution in [0.25, 0.3) is 0 Å². The van der Waals surface area contributed by atoms with Crippen molar-refractivity contribution in [1.29, 1.82) is 0 Å². The van der Waals surface area contributed by atoms with Crippen LogP contribution in [0.15, 0.2) is 18.2 Å². The Kier molecular flexibility index (Phi) is 5.22. The van der Waals surface area contributed by atoms with Crippen LogP contribution in [0, 0.1) is 0 Å². The van der Waals surface area contributed by atoms with Gasteiger partial charge in [-0.3, -0.25) is 0 Å². The first-order chi connectivity index (χ1) is 8.70. The SMILES string of the molecule is CCC(N)Cc1cc(Cl)ccc1N1CCSCC1. The summed E-state index contributed by atoms with van der Waals surface area (Å²) >= 11 is 8.15. The zero-order valence-electron chi connectivity index (χ0n) is 10.9. The molecular formula is C14H21ClN2S. The van der Waals surface area contributed by atoms with Gasteiger partial charge in [0.25, 0.3) is 0 Å². The van der Waals surface area contributed by atoms with Crippen molar-refractivity contribution in [2.75, 3.05) is 29.5 Å². The number of hydrogen-bond donors (Lipinski definition) is 1. The highest BCUT2D eigenvalue weighted by molar-refractivity contribution is 7.99. The molecule has 1 aromatic rings. The van der Waals surface area contributed by atoms with Gasteiger partial charge in [0.2, 0.25) is 0 Å². The summed E-state index contributed by atoms with van der Waals surface area (Å²) in [4.78, 5) is 2.46. The predicted octanol–water partition coefficient (Wildman–Crippen LogP) is 3.17. The first kappa shape index (κ1) is 14.0. The van der Waals surface area contributed by atoms with Crippen LogP contribution in [0.4, 0.5) is 5.69 Å². The number of benzene rings is 1. The number of halogens is 1. The average Bonchev–Trinajstić information content (AvgIpc) is 2.40. The highest BCUT2D eigenvalue weighted by Crippen LogP contribution is 2.27. The third-order valence-corrected chi connectivity index (χ3v) is 4.58. The molecule has 0 aromatic heterocycles. The average molecular weight is 285 g/mol. The Morgan fingerprint density at radius 1 is 1.39 bits per heavy atom. The van der Waals surface area contributed by atoms with Gasteiger partial charge in [-0.05, 0) is 36.6 Å². The third-order valence-electron chi connectivity index (χ3n) is 3.40. The first-order valence-electron chi connectivity index (χ1n) is 6.57. The molecule has 0 saturated carbocycles. The van der Waals surface area contributed by atoms with Crippen molar-refractivity contribution in [2.45, 2.75) is 25.8 Å². The summed E-state index contributed by atoms with van der Waals surface area (Å²) in [7, 11) is 0. The number of thioether (sulfide) groups is 1. The normalized spacial score (nSPS) is 17.8. The summed E-state index contributed by atoms with van der Waals surface area (Å²) in [6, 6.07) is 6.44. The minimum absolute atomic E-state index is 0.224.